The first kappa shape index (κ1) is 25.0. The van der Waals surface area contributed by atoms with E-state index in [0.717, 1.165) is 5.69 Å². The van der Waals surface area contributed by atoms with Crippen molar-refractivity contribution in [3.63, 3.8) is 0 Å². The molecular weight excluding hydrogens is 459 g/mol. The van der Waals surface area contributed by atoms with Gasteiger partial charge in [-0.05, 0) is 70.0 Å². The topological polar surface area (TPSA) is 102 Å². The van der Waals surface area contributed by atoms with Crippen LogP contribution in [-0.2, 0) is 5.54 Å². The summed E-state index contributed by atoms with van der Waals surface area (Å²) in [7, 11) is 0. The van der Waals surface area contributed by atoms with E-state index >= 15 is 0 Å². The van der Waals surface area contributed by atoms with Gasteiger partial charge in [-0.25, -0.2) is 14.1 Å². The molecule has 9 heteroatoms. The van der Waals surface area contributed by atoms with Gasteiger partial charge in [-0.15, -0.1) is 0 Å². The Morgan fingerprint density at radius 2 is 1.72 bits per heavy atom. The van der Waals surface area contributed by atoms with Crippen LogP contribution in [0.15, 0.2) is 48.7 Å². The van der Waals surface area contributed by atoms with Crippen LogP contribution in [0.2, 0.25) is 0 Å². The SMILES string of the molecule is Cc1nn(C(C)(C)C)c2nc(C(C)C)cc(C(=O)Nc3cc(F)ccc3NC(=O)c3ccccn3)c12. The largest absolute Gasteiger partial charge is 0.320 e. The average Bonchev–Trinajstić information content (AvgIpc) is 3.17. The lowest BCUT2D eigenvalue weighted by molar-refractivity contribution is 0.101. The van der Waals surface area contributed by atoms with E-state index in [-0.39, 0.29) is 28.5 Å². The Kier molecular flexibility index (Phi) is 6.58. The van der Waals surface area contributed by atoms with Crippen LogP contribution in [0.25, 0.3) is 11.0 Å². The number of hydrogen-bond donors (Lipinski definition) is 2. The van der Waals surface area contributed by atoms with E-state index in [4.69, 9.17) is 4.98 Å². The lowest BCUT2D eigenvalue weighted by atomic mass is 10.0. The van der Waals surface area contributed by atoms with Crippen LogP contribution < -0.4 is 10.6 Å². The minimum Gasteiger partial charge on any atom is -0.320 e. The number of aryl methyl sites for hydroxylation is 1. The van der Waals surface area contributed by atoms with Crippen LogP contribution in [0, 0.1) is 12.7 Å². The molecule has 0 atom stereocenters. The van der Waals surface area contributed by atoms with Crippen molar-refractivity contribution >= 4 is 34.2 Å². The molecule has 36 heavy (non-hydrogen) atoms. The Bertz CT molecular complexity index is 1450. The average molecular weight is 489 g/mol. The number of amides is 2. The summed E-state index contributed by atoms with van der Waals surface area (Å²) in [6, 6.07) is 10.5. The zero-order chi connectivity index (χ0) is 26.2. The Morgan fingerprint density at radius 3 is 2.36 bits per heavy atom. The molecule has 0 saturated carbocycles. The molecule has 3 heterocycles. The van der Waals surface area contributed by atoms with Crippen molar-refractivity contribution in [3.05, 3.63) is 77.1 Å². The number of pyridine rings is 2. The lowest BCUT2D eigenvalue weighted by Crippen LogP contribution is -2.24. The number of nitrogens with zero attached hydrogens (tertiary/aromatic N) is 4. The highest BCUT2D eigenvalue weighted by atomic mass is 19.1. The third-order valence-corrected chi connectivity index (χ3v) is 5.68. The summed E-state index contributed by atoms with van der Waals surface area (Å²) in [5.74, 6) is -1.43. The van der Waals surface area contributed by atoms with Crippen molar-refractivity contribution in [2.45, 2.75) is 53.0 Å². The Balaban J connectivity index is 1.76. The highest BCUT2D eigenvalue weighted by Crippen LogP contribution is 2.30. The number of benzene rings is 1. The van der Waals surface area contributed by atoms with Crippen molar-refractivity contribution in [2.24, 2.45) is 0 Å². The predicted molar refractivity (Wildman–Crippen MR) is 138 cm³/mol. The van der Waals surface area contributed by atoms with Gasteiger partial charge in [0.25, 0.3) is 11.8 Å². The van der Waals surface area contributed by atoms with Gasteiger partial charge in [-0.1, -0.05) is 19.9 Å². The molecule has 1 aromatic carbocycles. The minimum absolute atomic E-state index is 0.0620. The number of hydrogen-bond acceptors (Lipinski definition) is 5. The van der Waals surface area contributed by atoms with Crippen molar-refractivity contribution < 1.29 is 14.0 Å². The van der Waals surface area contributed by atoms with E-state index in [1.807, 2.05) is 46.2 Å². The molecule has 8 nitrogen and oxygen atoms in total. The summed E-state index contributed by atoms with van der Waals surface area (Å²) in [5, 5.41) is 10.8. The summed E-state index contributed by atoms with van der Waals surface area (Å²) in [5.41, 5.74) is 2.60. The molecule has 0 aliphatic rings. The third-order valence-electron chi connectivity index (χ3n) is 5.68. The van der Waals surface area contributed by atoms with Gasteiger partial charge in [0.15, 0.2) is 5.65 Å². The molecule has 0 fully saturated rings. The molecule has 0 radical (unpaired) electrons. The lowest BCUT2D eigenvalue weighted by Gasteiger charge is -2.20. The van der Waals surface area contributed by atoms with Gasteiger partial charge in [-0.3, -0.25) is 14.6 Å². The van der Waals surface area contributed by atoms with Crippen molar-refractivity contribution in [3.8, 4) is 0 Å². The smallest absolute Gasteiger partial charge is 0.274 e. The van der Waals surface area contributed by atoms with Gasteiger partial charge in [0.2, 0.25) is 0 Å². The molecule has 2 N–H and O–H groups in total. The number of rotatable bonds is 5. The van der Waals surface area contributed by atoms with Gasteiger partial charge < -0.3 is 10.6 Å². The number of halogens is 1. The second kappa shape index (κ2) is 9.49. The predicted octanol–water partition coefficient (Wildman–Crippen LogP) is 5.66. The molecule has 0 bridgehead atoms. The fraction of sp³-hybridized carbons (Fsp3) is 0.296. The zero-order valence-corrected chi connectivity index (χ0v) is 21.2. The highest BCUT2D eigenvalue weighted by molar-refractivity contribution is 6.14. The van der Waals surface area contributed by atoms with E-state index in [9.17, 15) is 14.0 Å². The van der Waals surface area contributed by atoms with Crippen molar-refractivity contribution in [2.75, 3.05) is 10.6 Å². The summed E-state index contributed by atoms with van der Waals surface area (Å²) in [6.45, 7) is 11.9. The third kappa shape index (κ3) is 4.95. The summed E-state index contributed by atoms with van der Waals surface area (Å²) in [4.78, 5) is 35.1. The van der Waals surface area contributed by atoms with Crippen LogP contribution in [0.1, 0.15) is 72.8 Å². The van der Waals surface area contributed by atoms with E-state index in [0.29, 0.717) is 22.3 Å². The van der Waals surface area contributed by atoms with E-state index < -0.39 is 17.6 Å². The number of fused-ring (bicyclic) bond motifs is 1. The van der Waals surface area contributed by atoms with Crippen molar-refractivity contribution in [1.82, 2.24) is 19.7 Å². The van der Waals surface area contributed by atoms with Crippen LogP contribution in [0.4, 0.5) is 15.8 Å². The maximum atomic E-state index is 14.2. The van der Waals surface area contributed by atoms with Gasteiger partial charge in [0.05, 0.1) is 33.6 Å². The fourth-order valence-corrected chi connectivity index (χ4v) is 3.85. The monoisotopic (exact) mass is 488 g/mol. The molecule has 3 aromatic heterocycles. The quantitative estimate of drug-likeness (QED) is 0.378. The van der Waals surface area contributed by atoms with Gasteiger partial charge in [0, 0.05) is 11.9 Å². The van der Waals surface area contributed by atoms with Gasteiger partial charge >= 0.3 is 0 Å². The molecule has 0 aliphatic carbocycles. The van der Waals surface area contributed by atoms with Crippen LogP contribution in [0.3, 0.4) is 0 Å². The van der Waals surface area contributed by atoms with Gasteiger partial charge in [0.1, 0.15) is 11.5 Å². The molecule has 2 amide bonds. The first-order valence-corrected chi connectivity index (χ1v) is 11.7. The van der Waals surface area contributed by atoms with Gasteiger partial charge in [-0.2, -0.15) is 5.10 Å². The molecule has 0 unspecified atom stereocenters. The highest BCUT2D eigenvalue weighted by Gasteiger charge is 2.26. The molecule has 0 aliphatic heterocycles. The van der Waals surface area contributed by atoms with E-state index in [1.54, 1.807) is 24.3 Å². The number of carbonyl (C=O) groups excluding carboxylic acids is 2. The van der Waals surface area contributed by atoms with Crippen LogP contribution in [0.5, 0.6) is 0 Å². The second-order valence-corrected chi connectivity index (χ2v) is 9.93. The van der Waals surface area contributed by atoms with Crippen LogP contribution in [-0.4, -0.2) is 31.6 Å². The number of carbonyl (C=O) groups is 2. The van der Waals surface area contributed by atoms with Crippen molar-refractivity contribution in [1.29, 1.82) is 0 Å². The summed E-state index contributed by atoms with van der Waals surface area (Å²) < 4.78 is 16.0. The Hall–Kier alpha value is -4.14. The fourth-order valence-electron chi connectivity index (χ4n) is 3.85. The maximum Gasteiger partial charge on any atom is 0.274 e. The molecule has 0 saturated heterocycles. The second-order valence-electron chi connectivity index (χ2n) is 9.93. The molecule has 186 valence electrons. The van der Waals surface area contributed by atoms with E-state index in [1.165, 1.54) is 24.4 Å². The normalized spacial score (nSPS) is 11.7. The number of nitrogens with one attached hydrogen (secondary N) is 2. The molecule has 4 aromatic rings. The summed E-state index contributed by atoms with van der Waals surface area (Å²) in [6.07, 6.45) is 1.50. The first-order valence-electron chi connectivity index (χ1n) is 11.7. The zero-order valence-electron chi connectivity index (χ0n) is 21.2. The Morgan fingerprint density at radius 1 is 1.00 bits per heavy atom. The molecular formula is C27H29FN6O2. The maximum absolute atomic E-state index is 14.2. The Labute approximate surface area is 209 Å². The summed E-state index contributed by atoms with van der Waals surface area (Å²) >= 11 is 0. The molecule has 0 spiro atoms. The minimum atomic E-state index is -0.555. The standard InChI is InChI=1S/C27H29FN6O2/c1-15(2)21-14-18(23-16(3)33-34(24(23)30-21)27(4,5)6)25(35)32-22-13-17(28)10-11-19(22)31-26(36)20-9-7-8-12-29-20/h7-15H,1-6H3,(H,31,36)(H,32,35). The first-order chi connectivity index (χ1) is 17.0. The van der Waals surface area contributed by atoms with Crippen LogP contribution >= 0.6 is 0 Å². The number of anilines is 2. The molecule has 4 rings (SSSR count). The number of aromatic nitrogens is 4. The van der Waals surface area contributed by atoms with E-state index in [2.05, 4.69) is 20.7 Å².